The van der Waals surface area contributed by atoms with Crippen LogP contribution in [0.1, 0.15) is 29.8 Å². The summed E-state index contributed by atoms with van der Waals surface area (Å²) in [5, 5.41) is 27.5. The molecular formula is C10H13NO4. The van der Waals surface area contributed by atoms with Crippen molar-refractivity contribution >= 4 is 5.97 Å². The topological polar surface area (TPSA) is 104 Å². The van der Waals surface area contributed by atoms with Crippen molar-refractivity contribution in [1.29, 1.82) is 0 Å². The van der Waals surface area contributed by atoms with Crippen LogP contribution in [0.4, 0.5) is 0 Å². The number of benzene rings is 1. The third-order valence-electron chi connectivity index (χ3n) is 2.04. The Balaban J connectivity index is 3.43. The number of carboxylic acids is 1. The maximum absolute atomic E-state index is 10.7. The van der Waals surface area contributed by atoms with Crippen LogP contribution in [-0.2, 0) is 5.54 Å². The second-order valence-corrected chi connectivity index (χ2v) is 3.91. The number of carbonyl (C=O) groups is 1. The molecule has 0 fully saturated rings. The molecule has 0 atom stereocenters. The average Bonchev–Trinajstić information content (AvgIpc) is 2.00. The summed E-state index contributed by atoms with van der Waals surface area (Å²) < 4.78 is 0. The molecule has 0 aliphatic heterocycles. The van der Waals surface area contributed by atoms with E-state index in [0.717, 1.165) is 6.07 Å². The molecule has 0 aliphatic rings. The summed E-state index contributed by atoms with van der Waals surface area (Å²) in [4.78, 5) is 10.7. The predicted octanol–water partition coefficient (Wildman–Crippen LogP) is 0.990. The molecule has 0 amide bonds. The standard InChI is InChI=1S/C10H13NO4/c1-10(2,11)6-3-5(9(14)15)7(12)4-8(6)13/h3-4,12-13H,11H2,1-2H3,(H,14,15). The van der Waals surface area contributed by atoms with Gasteiger partial charge in [0, 0.05) is 17.2 Å². The summed E-state index contributed by atoms with van der Waals surface area (Å²) in [5.74, 6) is -1.96. The van der Waals surface area contributed by atoms with E-state index in [4.69, 9.17) is 10.8 Å². The number of phenols is 2. The minimum Gasteiger partial charge on any atom is -0.507 e. The Morgan fingerprint density at radius 2 is 1.80 bits per heavy atom. The second kappa shape index (κ2) is 3.43. The average molecular weight is 211 g/mol. The zero-order valence-electron chi connectivity index (χ0n) is 8.48. The Bertz CT molecular complexity index is 407. The van der Waals surface area contributed by atoms with Crippen LogP contribution >= 0.6 is 0 Å². The molecule has 0 aliphatic carbocycles. The van der Waals surface area contributed by atoms with Crippen molar-refractivity contribution in [2.24, 2.45) is 5.73 Å². The van der Waals surface area contributed by atoms with Gasteiger partial charge in [-0.25, -0.2) is 4.79 Å². The first kappa shape index (κ1) is 11.3. The quantitative estimate of drug-likeness (QED) is 0.584. The van der Waals surface area contributed by atoms with Crippen molar-refractivity contribution < 1.29 is 20.1 Å². The van der Waals surface area contributed by atoms with Gasteiger partial charge in [0.25, 0.3) is 0 Å². The van der Waals surface area contributed by atoms with Crippen LogP contribution < -0.4 is 5.73 Å². The van der Waals surface area contributed by atoms with Gasteiger partial charge in [-0.05, 0) is 19.9 Å². The molecule has 1 aromatic rings. The zero-order valence-corrected chi connectivity index (χ0v) is 8.48. The molecule has 1 rings (SSSR count). The van der Waals surface area contributed by atoms with E-state index in [2.05, 4.69) is 0 Å². The Kier molecular flexibility index (Phi) is 2.59. The van der Waals surface area contributed by atoms with Gasteiger partial charge in [-0.3, -0.25) is 0 Å². The Labute approximate surface area is 86.8 Å². The van der Waals surface area contributed by atoms with Crippen molar-refractivity contribution in [3.05, 3.63) is 23.3 Å². The fourth-order valence-electron chi connectivity index (χ4n) is 1.26. The highest BCUT2D eigenvalue weighted by atomic mass is 16.4. The highest BCUT2D eigenvalue weighted by Crippen LogP contribution is 2.32. The predicted molar refractivity (Wildman–Crippen MR) is 53.9 cm³/mol. The van der Waals surface area contributed by atoms with Gasteiger partial charge < -0.3 is 21.1 Å². The van der Waals surface area contributed by atoms with Crippen molar-refractivity contribution in [2.75, 3.05) is 0 Å². The van der Waals surface area contributed by atoms with Gasteiger partial charge in [0.15, 0.2) is 0 Å². The van der Waals surface area contributed by atoms with E-state index in [1.165, 1.54) is 6.07 Å². The molecule has 5 N–H and O–H groups in total. The molecule has 5 heteroatoms. The maximum Gasteiger partial charge on any atom is 0.339 e. The molecule has 0 aromatic heterocycles. The van der Waals surface area contributed by atoms with Gasteiger partial charge in [-0.1, -0.05) is 0 Å². The van der Waals surface area contributed by atoms with Gasteiger partial charge in [0.05, 0.1) is 0 Å². The lowest BCUT2D eigenvalue weighted by Crippen LogP contribution is -2.29. The number of aromatic carboxylic acids is 1. The van der Waals surface area contributed by atoms with Crippen molar-refractivity contribution in [3.63, 3.8) is 0 Å². The molecule has 0 bridgehead atoms. The van der Waals surface area contributed by atoms with Crippen LogP contribution in [0.15, 0.2) is 12.1 Å². The molecule has 5 nitrogen and oxygen atoms in total. The molecule has 0 radical (unpaired) electrons. The number of rotatable bonds is 2. The molecule has 15 heavy (non-hydrogen) atoms. The molecule has 0 spiro atoms. The smallest absolute Gasteiger partial charge is 0.339 e. The lowest BCUT2D eigenvalue weighted by Gasteiger charge is -2.21. The minimum atomic E-state index is -1.27. The molecule has 0 saturated carbocycles. The van der Waals surface area contributed by atoms with E-state index in [9.17, 15) is 15.0 Å². The first-order chi connectivity index (χ1) is 6.73. The van der Waals surface area contributed by atoms with Gasteiger partial charge in [0.2, 0.25) is 0 Å². The van der Waals surface area contributed by atoms with E-state index in [1.54, 1.807) is 13.8 Å². The SMILES string of the molecule is CC(C)(N)c1cc(C(=O)O)c(O)cc1O. The molecule has 1 aromatic carbocycles. The summed E-state index contributed by atoms with van der Waals surface area (Å²) in [6, 6.07) is 2.15. The third kappa shape index (κ3) is 2.19. The fourth-order valence-corrected chi connectivity index (χ4v) is 1.26. The van der Waals surface area contributed by atoms with Gasteiger partial charge in [-0.2, -0.15) is 0 Å². The molecular weight excluding hydrogens is 198 g/mol. The maximum atomic E-state index is 10.7. The molecule has 82 valence electrons. The molecule has 0 heterocycles. The van der Waals surface area contributed by atoms with E-state index < -0.39 is 17.3 Å². The highest BCUT2D eigenvalue weighted by Gasteiger charge is 2.22. The van der Waals surface area contributed by atoms with E-state index >= 15 is 0 Å². The Morgan fingerprint density at radius 1 is 1.27 bits per heavy atom. The number of carboxylic acid groups (broad SMARTS) is 1. The lowest BCUT2D eigenvalue weighted by atomic mass is 9.92. The second-order valence-electron chi connectivity index (χ2n) is 3.91. The van der Waals surface area contributed by atoms with Crippen LogP contribution in [0, 0.1) is 0 Å². The number of phenolic OH excluding ortho intramolecular Hbond substituents is 1. The van der Waals surface area contributed by atoms with Crippen molar-refractivity contribution in [3.8, 4) is 11.5 Å². The summed E-state index contributed by atoms with van der Waals surface area (Å²) in [6.45, 7) is 3.26. The van der Waals surface area contributed by atoms with Crippen LogP contribution in [0.2, 0.25) is 0 Å². The third-order valence-corrected chi connectivity index (χ3v) is 2.04. The first-order valence-electron chi connectivity index (χ1n) is 4.32. The minimum absolute atomic E-state index is 0.218. The normalized spacial score (nSPS) is 11.4. The molecule has 0 unspecified atom stereocenters. The number of hydrogen-bond donors (Lipinski definition) is 4. The number of nitrogens with two attached hydrogens (primary N) is 1. The zero-order chi connectivity index (χ0) is 11.8. The lowest BCUT2D eigenvalue weighted by molar-refractivity contribution is 0.0693. The summed E-state index contributed by atoms with van der Waals surface area (Å²) in [7, 11) is 0. The number of aromatic hydroxyl groups is 2. The van der Waals surface area contributed by atoms with Crippen LogP contribution in [0.25, 0.3) is 0 Å². The van der Waals surface area contributed by atoms with Crippen LogP contribution in [0.3, 0.4) is 0 Å². The highest BCUT2D eigenvalue weighted by molar-refractivity contribution is 5.91. The van der Waals surface area contributed by atoms with Gasteiger partial charge >= 0.3 is 5.97 Å². The fraction of sp³-hybridized carbons (Fsp3) is 0.300. The van der Waals surface area contributed by atoms with Crippen LogP contribution in [0.5, 0.6) is 11.5 Å². The van der Waals surface area contributed by atoms with Crippen LogP contribution in [-0.4, -0.2) is 21.3 Å². The van der Waals surface area contributed by atoms with Crippen molar-refractivity contribution in [2.45, 2.75) is 19.4 Å². The summed E-state index contributed by atoms with van der Waals surface area (Å²) in [5.41, 5.74) is 4.87. The summed E-state index contributed by atoms with van der Waals surface area (Å²) >= 11 is 0. The van der Waals surface area contributed by atoms with E-state index in [-0.39, 0.29) is 16.9 Å². The first-order valence-corrected chi connectivity index (χ1v) is 4.32. The monoisotopic (exact) mass is 211 g/mol. The Hall–Kier alpha value is -1.75. The van der Waals surface area contributed by atoms with E-state index in [1.807, 2.05) is 0 Å². The largest absolute Gasteiger partial charge is 0.507 e. The van der Waals surface area contributed by atoms with E-state index in [0.29, 0.717) is 0 Å². The molecule has 0 saturated heterocycles. The van der Waals surface area contributed by atoms with Gasteiger partial charge in [0.1, 0.15) is 17.1 Å². The summed E-state index contributed by atoms with van der Waals surface area (Å²) in [6.07, 6.45) is 0. The van der Waals surface area contributed by atoms with Crippen molar-refractivity contribution in [1.82, 2.24) is 0 Å². The Morgan fingerprint density at radius 3 is 2.20 bits per heavy atom. The number of hydrogen-bond acceptors (Lipinski definition) is 4. The van der Waals surface area contributed by atoms with Gasteiger partial charge in [-0.15, -0.1) is 0 Å².